The van der Waals surface area contributed by atoms with Crippen LogP contribution in [-0.2, 0) is 0 Å². The molecule has 2 N–H and O–H groups in total. The van der Waals surface area contributed by atoms with E-state index in [2.05, 4.69) is 106 Å². The van der Waals surface area contributed by atoms with E-state index in [0.717, 1.165) is 0 Å². The Kier molecular flexibility index (Phi) is 16.7. The molecule has 0 aliphatic carbocycles. The van der Waals surface area contributed by atoms with Crippen LogP contribution in [0.3, 0.4) is 0 Å². The molecule has 50 heavy (non-hydrogen) atoms. The summed E-state index contributed by atoms with van der Waals surface area (Å²) in [5, 5.41) is 21.1. The van der Waals surface area contributed by atoms with E-state index in [-0.39, 0.29) is 23.0 Å². The molecule has 0 aliphatic heterocycles. The monoisotopic (exact) mass is 724 g/mol. The Bertz CT molecular complexity index is 1440. The number of hydrogen-bond acceptors (Lipinski definition) is 8. The van der Waals surface area contributed by atoms with Gasteiger partial charge in [-0.15, -0.1) is 11.1 Å². The summed E-state index contributed by atoms with van der Waals surface area (Å²) in [5.74, 6) is 7.01. The summed E-state index contributed by atoms with van der Waals surface area (Å²) in [5.41, 5.74) is 11.1. The lowest BCUT2D eigenvalue weighted by Gasteiger charge is -2.38. The summed E-state index contributed by atoms with van der Waals surface area (Å²) in [6.07, 6.45) is 1.38. The first-order valence-corrected chi connectivity index (χ1v) is 21.7. The van der Waals surface area contributed by atoms with E-state index < -0.39 is 16.1 Å². The summed E-state index contributed by atoms with van der Waals surface area (Å²) in [6, 6.07) is 3.11. The van der Waals surface area contributed by atoms with E-state index in [1.165, 1.54) is 28.4 Å². The number of ether oxygens (including phenoxy) is 4. The molecule has 0 bridgehead atoms. The average Bonchev–Trinajstić information content (AvgIpc) is 3.04. The molecule has 0 saturated heterocycles. The number of methoxy groups -OCH3 is 4. The minimum Gasteiger partial charge on any atom is -0.503 e. The smallest absolute Gasteiger partial charge is 0.204 e. The van der Waals surface area contributed by atoms with E-state index in [9.17, 15) is 19.8 Å². The van der Waals surface area contributed by atoms with Crippen molar-refractivity contribution in [2.24, 2.45) is 0 Å². The van der Waals surface area contributed by atoms with Gasteiger partial charge in [0.05, 0.1) is 39.6 Å². The predicted octanol–water partition coefficient (Wildman–Crippen LogP) is 9.58. The van der Waals surface area contributed by atoms with Crippen molar-refractivity contribution >= 4 is 28.7 Å². The number of carbonyl (C=O) groups is 2. The lowest BCUT2D eigenvalue weighted by atomic mass is 10.1. The Morgan fingerprint density at radius 3 is 0.960 bits per heavy atom. The molecule has 0 atom stereocenters. The van der Waals surface area contributed by atoms with Gasteiger partial charge in [0.2, 0.25) is 11.5 Å². The van der Waals surface area contributed by atoms with Crippen LogP contribution in [0.1, 0.15) is 115 Å². The van der Waals surface area contributed by atoms with Gasteiger partial charge in [-0.1, -0.05) is 94.9 Å². The first-order chi connectivity index (χ1) is 23.3. The van der Waals surface area contributed by atoms with Gasteiger partial charge < -0.3 is 29.2 Å². The van der Waals surface area contributed by atoms with Crippen molar-refractivity contribution in [1.82, 2.24) is 0 Å². The van der Waals surface area contributed by atoms with Crippen LogP contribution >= 0.6 is 0 Å². The summed E-state index contributed by atoms with van der Waals surface area (Å²) >= 11 is 0. The lowest BCUT2D eigenvalue weighted by molar-refractivity contribution is 0.111. The van der Waals surface area contributed by atoms with Crippen molar-refractivity contribution in [2.45, 2.75) is 116 Å². The van der Waals surface area contributed by atoms with Crippen LogP contribution in [0, 0.1) is 22.9 Å². The van der Waals surface area contributed by atoms with Crippen molar-refractivity contribution in [3.8, 4) is 57.4 Å². The molecule has 0 fully saturated rings. The quantitative estimate of drug-likeness (QED) is 0.127. The van der Waals surface area contributed by atoms with Crippen molar-refractivity contribution in [3.63, 3.8) is 0 Å². The van der Waals surface area contributed by atoms with Crippen LogP contribution in [0.4, 0.5) is 0 Å². The molecule has 2 rings (SSSR count). The maximum Gasteiger partial charge on any atom is 0.204 e. The standard InChI is InChI=1S/2C20H30O4Si/c2*1-13(2)25(14(3)4,15(5)6)10-9-17-16(12-21)11-18(23-7)20(24-8)19(17)22/h2*11-15,22H,1-8H3. The Balaban J connectivity index is 0.000000500. The van der Waals surface area contributed by atoms with E-state index in [4.69, 9.17) is 18.9 Å². The van der Waals surface area contributed by atoms with Crippen LogP contribution in [0.15, 0.2) is 12.1 Å². The van der Waals surface area contributed by atoms with Crippen LogP contribution in [0.5, 0.6) is 34.5 Å². The number of aldehydes is 2. The zero-order valence-electron chi connectivity index (χ0n) is 33.1. The van der Waals surface area contributed by atoms with Gasteiger partial charge in [-0.3, -0.25) is 9.59 Å². The highest BCUT2D eigenvalue weighted by atomic mass is 28.3. The van der Waals surface area contributed by atoms with Gasteiger partial charge in [-0.05, 0) is 45.4 Å². The van der Waals surface area contributed by atoms with Crippen molar-refractivity contribution < 1.29 is 38.7 Å². The van der Waals surface area contributed by atoms with Gasteiger partial charge >= 0.3 is 0 Å². The molecule has 276 valence electrons. The molecule has 0 aliphatic rings. The number of hydrogen-bond donors (Lipinski definition) is 2. The molecular weight excluding hydrogens is 665 g/mol. The number of carbonyl (C=O) groups excluding carboxylic acids is 2. The molecule has 0 amide bonds. The van der Waals surface area contributed by atoms with Crippen molar-refractivity contribution in [2.75, 3.05) is 28.4 Å². The van der Waals surface area contributed by atoms with E-state index in [1.807, 2.05) is 0 Å². The summed E-state index contributed by atoms with van der Waals surface area (Å²) in [4.78, 5) is 23.0. The third-order valence-electron chi connectivity index (χ3n) is 10.1. The van der Waals surface area contributed by atoms with Gasteiger partial charge in [0, 0.05) is 11.1 Å². The molecule has 0 heterocycles. The highest BCUT2D eigenvalue weighted by Gasteiger charge is 2.43. The average molecular weight is 725 g/mol. The molecule has 8 nitrogen and oxygen atoms in total. The van der Waals surface area contributed by atoms with Gasteiger partial charge in [-0.2, -0.15) is 0 Å². The maximum absolute atomic E-state index is 11.5. The number of rotatable bonds is 12. The fraction of sp³-hybridized carbons (Fsp3) is 0.550. The summed E-state index contributed by atoms with van der Waals surface area (Å²) in [7, 11) is 1.87. The molecule has 0 unspecified atom stereocenters. The number of phenolic OH excluding ortho intramolecular Hbond substituents is 2. The second-order valence-electron chi connectivity index (χ2n) is 14.4. The third-order valence-corrected chi connectivity index (χ3v) is 22.7. The van der Waals surface area contributed by atoms with Gasteiger partial charge in [-0.25, -0.2) is 0 Å². The lowest BCUT2D eigenvalue weighted by Crippen LogP contribution is -2.43. The highest BCUT2D eigenvalue weighted by molar-refractivity contribution is 6.91. The highest BCUT2D eigenvalue weighted by Crippen LogP contribution is 2.45. The minimum atomic E-state index is -1.98. The van der Waals surface area contributed by atoms with Crippen molar-refractivity contribution in [1.29, 1.82) is 0 Å². The van der Waals surface area contributed by atoms with E-state index in [0.29, 0.717) is 79.6 Å². The Hall–Kier alpha value is -3.87. The molecular formula is C40H60O8Si2. The molecule has 2 aromatic rings. The molecule has 0 radical (unpaired) electrons. The molecule has 10 heteroatoms. The second-order valence-corrected chi connectivity index (χ2v) is 25.5. The third kappa shape index (κ3) is 8.88. The largest absolute Gasteiger partial charge is 0.503 e. The van der Waals surface area contributed by atoms with Crippen LogP contribution < -0.4 is 18.9 Å². The van der Waals surface area contributed by atoms with Crippen molar-refractivity contribution in [3.05, 3.63) is 34.4 Å². The molecule has 0 aromatic heterocycles. The van der Waals surface area contributed by atoms with Gasteiger partial charge in [0.15, 0.2) is 35.6 Å². The topological polar surface area (TPSA) is 112 Å². The van der Waals surface area contributed by atoms with E-state index >= 15 is 0 Å². The number of aromatic hydroxyl groups is 2. The zero-order valence-corrected chi connectivity index (χ0v) is 35.1. The molecule has 0 saturated carbocycles. The van der Waals surface area contributed by atoms with E-state index in [1.54, 1.807) is 12.1 Å². The number of phenols is 2. The van der Waals surface area contributed by atoms with Crippen LogP contribution in [-0.4, -0.2) is 67.4 Å². The zero-order chi connectivity index (χ0) is 38.7. The Labute approximate surface area is 303 Å². The fourth-order valence-corrected chi connectivity index (χ4v) is 18.1. The normalized spacial score (nSPS) is 11.5. The van der Waals surface area contributed by atoms with Gasteiger partial charge in [0.25, 0.3) is 0 Å². The first-order valence-electron chi connectivity index (χ1n) is 17.3. The summed E-state index contributed by atoms with van der Waals surface area (Å²) < 4.78 is 20.9. The molecule has 2 aromatic carbocycles. The SMILES string of the molecule is COc1cc(C=O)c(C#C[Si](C(C)C)(C(C)C)C(C)C)c(O)c1OC.COc1cc(C=O)c(C#C[Si](C(C)C)(C(C)C)C(C)C)c(O)c1OC. The first kappa shape index (κ1) is 44.2. The number of benzene rings is 2. The van der Waals surface area contributed by atoms with Crippen LogP contribution in [0.25, 0.3) is 0 Å². The molecule has 0 spiro atoms. The second kappa shape index (κ2) is 18.9. The summed E-state index contributed by atoms with van der Waals surface area (Å²) in [6.45, 7) is 26.6. The fourth-order valence-electron chi connectivity index (χ4n) is 7.65. The maximum atomic E-state index is 11.5. The van der Waals surface area contributed by atoms with Gasteiger partial charge in [0.1, 0.15) is 16.1 Å². The Morgan fingerprint density at radius 2 is 0.780 bits per heavy atom. The van der Waals surface area contributed by atoms with Crippen LogP contribution in [0.2, 0.25) is 33.2 Å². The minimum absolute atomic E-state index is 0.143. The Morgan fingerprint density at radius 1 is 0.520 bits per heavy atom. The predicted molar refractivity (Wildman–Crippen MR) is 209 cm³/mol.